The van der Waals surface area contributed by atoms with E-state index < -0.39 is 0 Å². The van der Waals surface area contributed by atoms with Crippen molar-refractivity contribution in [2.24, 2.45) is 4.99 Å². The zero-order valence-electron chi connectivity index (χ0n) is 15.5. The van der Waals surface area contributed by atoms with E-state index in [9.17, 15) is 4.79 Å². The van der Waals surface area contributed by atoms with Crippen LogP contribution in [0.25, 0.3) is 11.3 Å². The highest BCUT2D eigenvalue weighted by Gasteiger charge is 2.16. The molecule has 0 N–H and O–H groups in total. The molecular weight excluding hydrogens is 479 g/mol. The number of aromatic nitrogens is 1. The number of thiazole rings is 1. The lowest BCUT2D eigenvalue weighted by atomic mass is 10.1. The molecule has 28 heavy (non-hydrogen) atoms. The van der Waals surface area contributed by atoms with Crippen molar-refractivity contribution >= 4 is 56.4 Å². The van der Waals surface area contributed by atoms with E-state index >= 15 is 0 Å². The number of halogens is 3. The lowest BCUT2D eigenvalue weighted by molar-refractivity contribution is 0.0998. The highest BCUT2D eigenvalue weighted by atomic mass is 79.9. The second-order valence-corrected chi connectivity index (χ2v) is 9.00. The summed E-state index contributed by atoms with van der Waals surface area (Å²) in [5.41, 5.74) is 2.59. The van der Waals surface area contributed by atoms with E-state index in [0.717, 1.165) is 28.6 Å². The van der Waals surface area contributed by atoms with E-state index in [1.54, 1.807) is 29.5 Å². The summed E-state index contributed by atoms with van der Waals surface area (Å²) in [6, 6.07) is 12.9. The monoisotopic (exact) mass is 496 g/mol. The first-order chi connectivity index (χ1) is 13.4. The van der Waals surface area contributed by atoms with E-state index in [0.29, 0.717) is 27.0 Å². The number of hydrogen-bond acceptors (Lipinski definition) is 2. The summed E-state index contributed by atoms with van der Waals surface area (Å²) in [7, 11) is 0. The van der Waals surface area contributed by atoms with Gasteiger partial charge in [0, 0.05) is 27.0 Å². The fourth-order valence-electron chi connectivity index (χ4n) is 2.94. The summed E-state index contributed by atoms with van der Waals surface area (Å²) in [5, 5.41) is 1.04. The molecule has 0 saturated carbocycles. The zero-order chi connectivity index (χ0) is 20.3. The average Bonchev–Trinajstić information content (AvgIpc) is 3.01. The molecule has 0 atom stereocenters. The lowest BCUT2D eigenvalue weighted by Gasteiger charge is -2.10. The Morgan fingerprint density at radius 1 is 1.11 bits per heavy atom. The molecule has 3 nitrogen and oxygen atoms in total. The Morgan fingerprint density at radius 2 is 1.82 bits per heavy atom. The summed E-state index contributed by atoms with van der Waals surface area (Å²) in [6.07, 6.45) is 1.90. The van der Waals surface area contributed by atoms with Crippen LogP contribution >= 0.6 is 50.5 Å². The first kappa shape index (κ1) is 21.3. The van der Waals surface area contributed by atoms with Gasteiger partial charge in [-0.25, -0.2) is 0 Å². The van der Waals surface area contributed by atoms with E-state index in [1.807, 2.05) is 31.2 Å². The smallest absolute Gasteiger partial charge is 0.279 e. The van der Waals surface area contributed by atoms with Crippen LogP contribution in [0.15, 0.2) is 51.9 Å². The predicted molar refractivity (Wildman–Crippen MR) is 121 cm³/mol. The van der Waals surface area contributed by atoms with Gasteiger partial charge in [-0.2, -0.15) is 4.99 Å². The Balaban J connectivity index is 2.15. The third kappa shape index (κ3) is 4.60. The molecule has 0 unspecified atom stereocenters. The molecule has 146 valence electrons. The number of carbonyl (C=O) groups excluding carboxylic acids is 1. The Morgan fingerprint density at radius 3 is 2.43 bits per heavy atom. The molecule has 0 fully saturated rings. The maximum atomic E-state index is 12.7. The van der Waals surface area contributed by atoms with Gasteiger partial charge in [-0.05, 0) is 49.7 Å². The van der Waals surface area contributed by atoms with Crippen LogP contribution in [0.3, 0.4) is 0 Å². The summed E-state index contributed by atoms with van der Waals surface area (Å²) < 4.78 is 3.00. The van der Waals surface area contributed by atoms with Crippen molar-refractivity contribution in [3.63, 3.8) is 0 Å². The fraction of sp³-hybridized carbons (Fsp3) is 0.238. The molecule has 0 aliphatic rings. The summed E-state index contributed by atoms with van der Waals surface area (Å²) in [4.78, 5) is 19.0. The Bertz CT molecular complexity index is 1070. The number of amides is 1. The molecule has 3 aromatic rings. The van der Waals surface area contributed by atoms with Crippen LogP contribution in [0.5, 0.6) is 0 Å². The first-order valence-electron chi connectivity index (χ1n) is 8.97. The third-order valence-corrected chi connectivity index (χ3v) is 6.66. The largest absolute Gasteiger partial charge is 0.316 e. The van der Waals surface area contributed by atoms with Crippen molar-refractivity contribution < 1.29 is 4.79 Å². The molecule has 7 heteroatoms. The maximum absolute atomic E-state index is 12.7. The minimum Gasteiger partial charge on any atom is -0.316 e. The minimum absolute atomic E-state index is 0.250. The van der Waals surface area contributed by atoms with Crippen LogP contribution in [-0.4, -0.2) is 10.5 Å². The van der Waals surface area contributed by atoms with E-state index in [-0.39, 0.29) is 5.91 Å². The molecule has 0 radical (unpaired) electrons. The molecular formula is C21H19BrCl2N2OS. The Hall–Kier alpha value is -1.40. The number of rotatable bonds is 5. The number of hydrogen-bond donors (Lipinski definition) is 0. The van der Waals surface area contributed by atoms with Crippen LogP contribution in [-0.2, 0) is 13.0 Å². The highest BCUT2D eigenvalue weighted by Crippen LogP contribution is 2.32. The predicted octanol–water partition coefficient (Wildman–Crippen LogP) is 7.00. The summed E-state index contributed by atoms with van der Waals surface area (Å²) in [5.74, 6) is -0.250. The molecule has 0 bridgehead atoms. The van der Waals surface area contributed by atoms with Crippen LogP contribution in [0, 0.1) is 0 Å². The van der Waals surface area contributed by atoms with Gasteiger partial charge in [0.1, 0.15) is 0 Å². The van der Waals surface area contributed by atoms with Crippen molar-refractivity contribution in [3.8, 4) is 11.3 Å². The molecule has 1 aromatic heterocycles. The first-order valence-corrected chi connectivity index (χ1v) is 11.3. The Labute approximate surface area is 186 Å². The van der Waals surface area contributed by atoms with Crippen molar-refractivity contribution in [1.29, 1.82) is 0 Å². The van der Waals surface area contributed by atoms with Gasteiger partial charge in [0.05, 0.1) is 15.7 Å². The van der Waals surface area contributed by atoms with Crippen molar-refractivity contribution in [3.05, 3.63) is 72.2 Å². The SMILES string of the molecule is CCCc1sc(=NC(=O)c2ccc(Br)cc2)n(CC)c1-c1ccc(Cl)c(Cl)c1. The third-order valence-electron chi connectivity index (χ3n) is 4.25. The second-order valence-electron chi connectivity index (χ2n) is 6.20. The molecule has 0 aliphatic heterocycles. The molecule has 0 saturated heterocycles. The van der Waals surface area contributed by atoms with Gasteiger partial charge in [0.2, 0.25) is 0 Å². The van der Waals surface area contributed by atoms with E-state index in [4.69, 9.17) is 23.2 Å². The lowest BCUT2D eigenvalue weighted by Crippen LogP contribution is -2.17. The van der Waals surface area contributed by atoms with Crippen molar-refractivity contribution in [2.45, 2.75) is 33.2 Å². The van der Waals surface area contributed by atoms with Crippen molar-refractivity contribution in [2.75, 3.05) is 0 Å². The highest BCUT2D eigenvalue weighted by molar-refractivity contribution is 9.10. The van der Waals surface area contributed by atoms with Gasteiger partial charge in [-0.3, -0.25) is 4.79 Å². The topological polar surface area (TPSA) is 34.4 Å². The maximum Gasteiger partial charge on any atom is 0.279 e. The van der Waals surface area contributed by atoms with Crippen LogP contribution in [0.2, 0.25) is 10.0 Å². The van der Waals surface area contributed by atoms with Gasteiger partial charge in [-0.15, -0.1) is 11.3 Å². The second kappa shape index (κ2) is 9.40. The standard InChI is InChI=1S/C21H19BrCl2N2OS/c1-3-5-18-19(14-8-11-16(23)17(24)12-14)26(4-2)21(28-18)25-20(27)13-6-9-15(22)10-7-13/h6-12H,3-5H2,1-2H3. The number of aryl methyl sites for hydroxylation is 1. The van der Waals surface area contributed by atoms with E-state index in [1.165, 1.54) is 4.88 Å². The van der Waals surface area contributed by atoms with Crippen LogP contribution in [0.4, 0.5) is 0 Å². The molecule has 1 amide bonds. The molecule has 3 rings (SSSR count). The van der Waals surface area contributed by atoms with Gasteiger partial charge in [0.25, 0.3) is 5.91 Å². The zero-order valence-corrected chi connectivity index (χ0v) is 19.4. The fourth-order valence-corrected chi connectivity index (χ4v) is 4.81. The molecule has 1 heterocycles. The number of benzene rings is 2. The van der Waals surface area contributed by atoms with Gasteiger partial charge < -0.3 is 4.57 Å². The van der Waals surface area contributed by atoms with Crippen molar-refractivity contribution in [1.82, 2.24) is 4.57 Å². The quantitative estimate of drug-likeness (QED) is 0.373. The molecule has 2 aromatic carbocycles. The van der Waals surface area contributed by atoms with E-state index in [2.05, 4.69) is 32.4 Å². The minimum atomic E-state index is -0.250. The summed E-state index contributed by atoms with van der Waals surface area (Å²) in [6.45, 7) is 4.88. The van der Waals surface area contributed by atoms with Crippen LogP contribution < -0.4 is 4.80 Å². The number of carbonyl (C=O) groups is 1. The van der Waals surface area contributed by atoms with Crippen LogP contribution in [0.1, 0.15) is 35.5 Å². The average molecular weight is 498 g/mol. The summed E-state index contributed by atoms with van der Waals surface area (Å²) >= 11 is 17.3. The molecule has 0 aliphatic carbocycles. The molecule has 0 spiro atoms. The van der Waals surface area contributed by atoms with Gasteiger partial charge in [-0.1, -0.05) is 58.5 Å². The number of nitrogens with zero attached hydrogens (tertiary/aromatic N) is 2. The Kier molecular flexibility index (Phi) is 7.15. The van der Waals surface area contributed by atoms with Gasteiger partial charge in [0.15, 0.2) is 4.80 Å². The normalized spacial score (nSPS) is 11.8. The van der Waals surface area contributed by atoms with Gasteiger partial charge >= 0.3 is 0 Å².